The summed E-state index contributed by atoms with van der Waals surface area (Å²) in [5.41, 5.74) is 3.99. The van der Waals surface area contributed by atoms with Crippen LogP contribution in [0.3, 0.4) is 0 Å². The van der Waals surface area contributed by atoms with Gasteiger partial charge >= 0.3 is 5.97 Å². The number of fused-ring (bicyclic) bond motifs is 1. The number of aryl methyl sites for hydroxylation is 3. The number of hydrogen-bond donors (Lipinski definition) is 3. The molecule has 1 aliphatic heterocycles. The van der Waals surface area contributed by atoms with Crippen LogP contribution in [0.15, 0.2) is 55.0 Å². The maximum atomic E-state index is 11.9. The molecule has 0 unspecified atom stereocenters. The van der Waals surface area contributed by atoms with Gasteiger partial charge in [0.25, 0.3) is 0 Å². The highest BCUT2D eigenvalue weighted by atomic mass is 16.5. The maximum Gasteiger partial charge on any atom is 0.326 e. The summed E-state index contributed by atoms with van der Waals surface area (Å²) in [5.74, 6) is 0.948. The number of nitrogens with zero attached hydrogens (tertiary/aromatic N) is 4. The highest BCUT2D eigenvalue weighted by Crippen LogP contribution is 2.20. The average Bonchev–Trinajstić information content (AvgIpc) is 2.94. The SMILES string of the molecule is Cc1ncccc1OCCN(CCCCc1ccc2c(n1)NCCC2)CC[C@H](Nc1cccnc1)C(=O)O. The van der Waals surface area contributed by atoms with Crippen molar-refractivity contribution in [2.45, 2.75) is 51.5 Å². The van der Waals surface area contributed by atoms with Gasteiger partial charge in [0, 0.05) is 43.9 Å². The molecule has 0 saturated heterocycles. The zero-order chi connectivity index (χ0) is 26.6. The standard InChI is InChI=1S/C29H38N6O3/c1-22-27(10-6-15-31-22)38-20-19-35(18-13-26(29(36)37)33-25-9-5-14-30-21-25)17-3-2-8-24-12-11-23-7-4-16-32-28(23)34-24/h5-6,9-12,14-15,21,26,33H,2-4,7-8,13,16-20H2,1H3,(H,32,34)(H,36,37)/t26-/m0/s1. The topological polar surface area (TPSA) is 113 Å². The van der Waals surface area contributed by atoms with E-state index in [1.54, 1.807) is 24.7 Å². The number of hydrogen-bond acceptors (Lipinski definition) is 8. The van der Waals surface area contributed by atoms with Crippen molar-refractivity contribution in [2.24, 2.45) is 0 Å². The Morgan fingerprint density at radius 1 is 1.16 bits per heavy atom. The van der Waals surface area contributed by atoms with Gasteiger partial charge in [0.1, 0.15) is 24.2 Å². The first kappa shape index (κ1) is 27.3. The lowest BCUT2D eigenvalue weighted by Crippen LogP contribution is -2.37. The fourth-order valence-electron chi connectivity index (χ4n) is 4.61. The van der Waals surface area contributed by atoms with Crippen molar-refractivity contribution in [3.63, 3.8) is 0 Å². The first-order valence-corrected chi connectivity index (χ1v) is 13.5. The lowest BCUT2D eigenvalue weighted by atomic mass is 10.1. The molecule has 202 valence electrons. The number of rotatable bonds is 15. The summed E-state index contributed by atoms with van der Waals surface area (Å²) in [6.07, 6.45) is 10.7. The van der Waals surface area contributed by atoms with E-state index in [-0.39, 0.29) is 0 Å². The van der Waals surface area contributed by atoms with Crippen molar-refractivity contribution in [1.29, 1.82) is 0 Å². The van der Waals surface area contributed by atoms with Crippen LogP contribution in [-0.2, 0) is 17.6 Å². The Morgan fingerprint density at radius 3 is 2.87 bits per heavy atom. The smallest absolute Gasteiger partial charge is 0.326 e. The van der Waals surface area contributed by atoms with Crippen LogP contribution >= 0.6 is 0 Å². The number of carboxylic acids is 1. The van der Waals surface area contributed by atoms with E-state index in [1.165, 1.54) is 5.56 Å². The fraction of sp³-hybridized carbons (Fsp3) is 0.448. The number of ether oxygens (including phenoxy) is 1. The predicted molar refractivity (Wildman–Crippen MR) is 149 cm³/mol. The predicted octanol–water partition coefficient (Wildman–Crippen LogP) is 4.20. The van der Waals surface area contributed by atoms with E-state index in [0.29, 0.717) is 31.8 Å². The zero-order valence-electron chi connectivity index (χ0n) is 22.1. The van der Waals surface area contributed by atoms with Crippen LogP contribution in [0.1, 0.15) is 42.6 Å². The number of nitrogens with one attached hydrogen (secondary N) is 2. The molecule has 0 radical (unpaired) electrons. The summed E-state index contributed by atoms with van der Waals surface area (Å²) in [7, 11) is 0. The first-order chi connectivity index (χ1) is 18.6. The van der Waals surface area contributed by atoms with Gasteiger partial charge in [-0.25, -0.2) is 9.78 Å². The summed E-state index contributed by atoms with van der Waals surface area (Å²) < 4.78 is 5.98. The Hall–Kier alpha value is -3.72. The third-order valence-electron chi connectivity index (χ3n) is 6.77. The van der Waals surface area contributed by atoms with Gasteiger partial charge in [-0.15, -0.1) is 0 Å². The van der Waals surface area contributed by atoms with Crippen LogP contribution in [0.25, 0.3) is 0 Å². The Kier molecular flexibility index (Phi) is 10.3. The van der Waals surface area contributed by atoms with Crippen LogP contribution in [0.5, 0.6) is 5.75 Å². The van der Waals surface area contributed by atoms with Crippen molar-refractivity contribution < 1.29 is 14.6 Å². The van der Waals surface area contributed by atoms with Crippen LogP contribution < -0.4 is 15.4 Å². The molecule has 38 heavy (non-hydrogen) atoms. The van der Waals surface area contributed by atoms with E-state index in [2.05, 4.69) is 37.6 Å². The molecule has 0 aliphatic carbocycles. The van der Waals surface area contributed by atoms with Crippen molar-refractivity contribution in [1.82, 2.24) is 19.9 Å². The molecule has 9 nitrogen and oxygen atoms in total. The summed E-state index contributed by atoms with van der Waals surface area (Å²) in [5, 5.41) is 16.3. The number of pyridine rings is 3. The summed E-state index contributed by atoms with van der Waals surface area (Å²) in [6.45, 7) is 5.64. The quantitative estimate of drug-likeness (QED) is 0.255. The fourth-order valence-corrected chi connectivity index (χ4v) is 4.61. The third kappa shape index (κ3) is 8.41. The second kappa shape index (κ2) is 14.3. The van der Waals surface area contributed by atoms with Gasteiger partial charge in [-0.05, 0) is 87.9 Å². The van der Waals surface area contributed by atoms with Crippen molar-refractivity contribution in [3.05, 3.63) is 71.9 Å². The van der Waals surface area contributed by atoms with Gasteiger partial charge < -0.3 is 20.5 Å². The zero-order valence-corrected chi connectivity index (χ0v) is 22.1. The largest absolute Gasteiger partial charge is 0.490 e. The third-order valence-corrected chi connectivity index (χ3v) is 6.77. The van der Waals surface area contributed by atoms with E-state index >= 15 is 0 Å². The van der Waals surface area contributed by atoms with Gasteiger partial charge in [-0.2, -0.15) is 0 Å². The number of aromatic nitrogens is 3. The molecule has 4 rings (SSSR count). The second-order valence-electron chi connectivity index (χ2n) is 9.64. The molecule has 0 aromatic carbocycles. The summed E-state index contributed by atoms with van der Waals surface area (Å²) in [6, 6.07) is 11.1. The molecule has 1 atom stereocenters. The van der Waals surface area contributed by atoms with Crippen LogP contribution in [0, 0.1) is 6.92 Å². The molecule has 0 amide bonds. The molecule has 9 heteroatoms. The minimum Gasteiger partial charge on any atom is -0.490 e. The Labute approximate surface area is 224 Å². The van der Waals surface area contributed by atoms with E-state index in [1.807, 2.05) is 25.1 Å². The van der Waals surface area contributed by atoms with Gasteiger partial charge in [-0.3, -0.25) is 14.9 Å². The molecule has 0 fully saturated rings. The number of carboxylic acid groups (broad SMARTS) is 1. The molecule has 0 spiro atoms. The van der Waals surface area contributed by atoms with Crippen molar-refractivity contribution >= 4 is 17.5 Å². The Morgan fingerprint density at radius 2 is 2.05 bits per heavy atom. The minimum atomic E-state index is -0.872. The lowest BCUT2D eigenvalue weighted by molar-refractivity contribution is -0.138. The van der Waals surface area contributed by atoms with E-state index in [0.717, 1.165) is 68.1 Å². The van der Waals surface area contributed by atoms with Gasteiger partial charge in [0.2, 0.25) is 0 Å². The van der Waals surface area contributed by atoms with Gasteiger partial charge in [-0.1, -0.05) is 6.07 Å². The van der Waals surface area contributed by atoms with Crippen molar-refractivity contribution in [3.8, 4) is 5.75 Å². The molecule has 4 heterocycles. The van der Waals surface area contributed by atoms with E-state index in [4.69, 9.17) is 9.72 Å². The second-order valence-corrected chi connectivity index (χ2v) is 9.64. The van der Waals surface area contributed by atoms with Crippen molar-refractivity contribution in [2.75, 3.05) is 43.4 Å². The molecule has 1 aliphatic rings. The highest BCUT2D eigenvalue weighted by Gasteiger charge is 2.19. The minimum absolute atomic E-state index is 0.466. The molecule has 0 bridgehead atoms. The number of anilines is 2. The number of carbonyl (C=O) groups is 1. The molecule has 3 aromatic heterocycles. The van der Waals surface area contributed by atoms with E-state index in [9.17, 15) is 9.90 Å². The van der Waals surface area contributed by atoms with Crippen LogP contribution in [0.4, 0.5) is 11.5 Å². The molecule has 3 aromatic rings. The Balaban J connectivity index is 1.30. The maximum absolute atomic E-state index is 11.9. The van der Waals surface area contributed by atoms with Gasteiger partial charge in [0.05, 0.1) is 11.4 Å². The number of aliphatic carboxylic acids is 1. The average molecular weight is 519 g/mol. The van der Waals surface area contributed by atoms with E-state index < -0.39 is 12.0 Å². The summed E-state index contributed by atoms with van der Waals surface area (Å²) in [4.78, 5) is 27.4. The molecular formula is C29H38N6O3. The van der Waals surface area contributed by atoms with Gasteiger partial charge in [0.15, 0.2) is 0 Å². The lowest BCUT2D eigenvalue weighted by Gasteiger charge is -2.25. The number of unbranched alkanes of at least 4 members (excludes halogenated alkanes) is 1. The monoisotopic (exact) mass is 518 g/mol. The summed E-state index contributed by atoms with van der Waals surface area (Å²) >= 11 is 0. The Bertz CT molecular complexity index is 1160. The molecular weight excluding hydrogens is 480 g/mol. The van der Waals surface area contributed by atoms with Crippen LogP contribution in [-0.4, -0.2) is 69.8 Å². The first-order valence-electron chi connectivity index (χ1n) is 13.5. The van der Waals surface area contributed by atoms with Crippen LogP contribution in [0.2, 0.25) is 0 Å². The normalized spacial score (nSPS) is 13.4. The molecule has 3 N–H and O–H groups in total. The molecule has 0 saturated carbocycles. The highest BCUT2D eigenvalue weighted by molar-refractivity contribution is 5.77.